The van der Waals surface area contributed by atoms with Crippen molar-refractivity contribution in [1.29, 1.82) is 0 Å². The average Bonchev–Trinajstić information content (AvgIpc) is 3.06. The smallest absolute Gasteiger partial charge is 0.255 e. The highest BCUT2D eigenvalue weighted by molar-refractivity contribution is 5.97. The lowest BCUT2D eigenvalue weighted by Gasteiger charge is -2.45. The first-order chi connectivity index (χ1) is 13.1. The first-order valence-corrected chi connectivity index (χ1v) is 9.67. The van der Waals surface area contributed by atoms with Crippen molar-refractivity contribution in [3.63, 3.8) is 0 Å². The third-order valence-corrected chi connectivity index (χ3v) is 5.73. The highest BCUT2D eigenvalue weighted by Crippen LogP contribution is 2.40. The Labute approximate surface area is 158 Å². The van der Waals surface area contributed by atoms with E-state index in [1.807, 2.05) is 12.1 Å². The van der Waals surface area contributed by atoms with Gasteiger partial charge in [0.25, 0.3) is 5.91 Å². The minimum Gasteiger partial charge on any atom is -0.485 e. The Morgan fingerprint density at radius 1 is 1.30 bits per heavy atom. The third-order valence-electron chi connectivity index (χ3n) is 5.73. The molecule has 2 aliphatic carbocycles. The molecule has 2 bridgehead atoms. The Balaban J connectivity index is 1.45. The molecule has 7 heteroatoms. The number of nitrogens with two attached hydrogens (primary N) is 1. The molecule has 2 aliphatic rings. The molecule has 0 radical (unpaired) electrons. The summed E-state index contributed by atoms with van der Waals surface area (Å²) in [5, 5.41) is 7.10. The zero-order valence-corrected chi connectivity index (χ0v) is 15.6. The van der Waals surface area contributed by atoms with E-state index in [4.69, 9.17) is 15.0 Å². The Hall–Kier alpha value is -2.41. The average molecular weight is 370 g/mol. The summed E-state index contributed by atoms with van der Waals surface area (Å²) in [5.74, 6) is 2.33. The van der Waals surface area contributed by atoms with Crippen molar-refractivity contribution < 1.29 is 14.1 Å². The summed E-state index contributed by atoms with van der Waals surface area (Å²) in [6.45, 7) is 1.88. The number of para-hydroxylation sites is 1. The van der Waals surface area contributed by atoms with Crippen molar-refractivity contribution in [2.24, 2.45) is 17.6 Å². The van der Waals surface area contributed by atoms with Gasteiger partial charge in [-0.2, -0.15) is 4.98 Å². The van der Waals surface area contributed by atoms with Gasteiger partial charge in [-0.25, -0.2) is 0 Å². The Morgan fingerprint density at radius 2 is 2.04 bits per heavy atom. The van der Waals surface area contributed by atoms with Gasteiger partial charge < -0.3 is 20.3 Å². The molecule has 2 unspecified atom stereocenters. The summed E-state index contributed by atoms with van der Waals surface area (Å²) < 4.78 is 10.7. The topological polar surface area (TPSA) is 103 Å². The number of rotatable bonds is 5. The lowest BCUT2D eigenvalue weighted by atomic mass is 9.67. The van der Waals surface area contributed by atoms with Gasteiger partial charge in [0.05, 0.1) is 5.56 Å². The second-order valence-electron chi connectivity index (χ2n) is 7.70. The van der Waals surface area contributed by atoms with Crippen LogP contribution in [0.2, 0.25) is 0 Å². The Morgan fingerprint density at radius 3 is 2.74 bits per heavy atom. The van der Waals surface area contributed by atoms with Crippen molar-refractivity contribution in [2.75, 3.05) is 0 Å². The van der Waals surface area contributed by atoms with Crippen LogP contribution in [0, 0.1) is 18.8 Å². The van der Waals surface area contributed by atoms with Gasteiger partial charge in [-0.3, -0.25) is 4.79 Å². The number of nitrogens with one attached hydrogen (secondary N) is 1. The van der Waals surface area contributed by atoms with E-state index >= 15 is 0 Å². The minimum atomic E-state index is -0.0905. The second kappa shape index (κ2) is 7.68. The molecular formula is C20H26N4O3. The molecular weight excluding hydrogens is 344 g/mol. The fraction of sp³-hybridized carbons (Fsp3) is 0.550. The molecule has 2 fully saturated rings. The zero-order valence-electron chi connectivity index (χ0n) is 15.6. The highest BCUT2D eigenvalue weighted by atomic mass is 16.5. The highest BCUT2D eigenvalue weighted by Gasteiger charge is 2.40. The summed E-state index contributed by atoms with van der Waals surface area (Å²) in [4.78, 5) is 17.1. The maximum atomic E-state index is 13.0. The quantitative estimate of drug-likeness (QED) is 0.838. The van der Waals surface area contributed by atoms with E-state index in [2.05, 4.69) is 15.5 Å². The molecule has 2 saturated carbocycles. The summed E-state index contributed by atoms with van der Waals surface area (Å²) in [7, 11) is 0. The first-order valence-electron chi connectivity index (χ1n) is 9.67. The number of benzene rings is 1. The number of nitrogens with zero attached hydrogens (tertiary/aromatic N) is 2. The molecule has 0 saturated heterocycles. The van der Waals surface area contributed by atoms with E-state index in [0.717, 1.165) is 25.7 Å². The number of amides is 1. The molecule has 1 heterocycles. The second-order valence-corrected chi connectivity index (χ2v) is 7.70. The van der Waals surface area contributed by atoms with Crippen LogP contribution in [-0.2, 0) is 6.61 Å². The summed E-state index contributed by atoms with van der Waals surface area (Å²) >= 11 is 0. The molecule has 0 aliphatic heterocycles. The van der Waals surface area contributed by atoms with E-state index in [1.165, 1.54) is 6.42 Å². The van der Waals surface area contributed by atoms with Crippen LogP contribution in [0.4, 0.5) is 0 Å². The van der Waals surface area contributed by atoms with Crippen LogP contribution < -0.4 is 15.8 Å². The Kier molecular flexibility index (Phi) is 5.11. The molecule has 27 heavy (non-hydrogen) atoms. The number of carbonyl (C=O) groups excluding carboxylic acids is 1. The maximum Gasteiger partial charge on any atom is 0.255 e. The number of hydrogen-bond acceptors (Lipinski definition) is 6. The number of carbonyl (C=O) groups is 1. The zero-order chi connectivity index (χ0) is 18.8. The monoisotopic (exact) mass is 370 g/mol. The first kappa shape index (κ1) is 18.0. The molecule has 1 aromatic carbocycles. The molecule has 144 valence electrons. The van der Waals surface area contributed by atoms with Gasteiger partial charge in [0, 0.05) is 19.0 Å². The fourth-order valence-corrected chi connectivity index (χ4v) is 4.58. The molecule has 3 N–H and O–H groups in total. The van der Waals surface area contributed by atoms with Crippen molar-refractivity contribution >= 4 is 5.91 Å². The van der Waals surface area contributed by atoms with E-state index in [1.54, 1.807) is 19.1 Å². The predicted octanol–water partition coefficient (Wildman–Crippen LogP) is 2.59. The van der Waals surface area contributed by atoms with Crippen LogP contribution in [0.5, 0.6) is 5.75 Å². The van der Waals surface area contributed by atoms with E-state index in [0.29, 0.717) is 34.9 Å². The normalized spacial score (nSPS) is 27.2. The standard InChI is InChI=1S/C20H26N4O3/c1-12-22-18(24-27-12)11-26-17-8-3-2-7-16(17)20(25)23-19-13-5-4-6-14(19)10-15(21)9-13/h2-3,7-8,13-15,19H,4-6,9-11,21H2,1H3,(H,23,25). The van der Waals surface area contributed by atoms with Crippen LogP contribution in [0.1, 0.15) is 54.2 Å². The largest absolute Gasteiger partial charge is 0.485 e. The molecule has 0 spiro atoms. The number of ether oxygens (including phenoxy) is 1. The van der Waals surface area contributed by atoms with Crippen LogP contribution in [-0.4, -0.2) is 28.1 Å². The number of aromatic nitrogens is 2. The number of hydrogen-bond donors (Lipinski definition) is 2. The lowest BCUT2D eigenvalue weighted by Crippen LogP contribution is -2.53. The lowest BCUT2D eigenvalue weighted by molar-refractivity contribution is 0.0752. The van der Waals surface area contributed by atoms with Gasteiger partial charge in [0.15, 0.2) is 6.61 Å². The van der Waals surface area contributed by atoms with Crippen molar-refractivity contribution in [3.8, 4) is 5.75 Å². The van der Waals surface area contributed by atoms with E-state index < -0.39 is 0 Å². The van der Waals surface area contributed by atoms with Crippen LogP contribution in [0.15, 0.2) is 28.8 Å². The fourth-order valence-electron chi connectivity index (χ4n) is 4.58. The number of fused-ring (bicyclic) bond motifs is 2. The number of aryl methyl sites for hydroxylation is 1. The van der Waals surface area contributed by atoms with Gasteiger partial charge in [0.2, 0.25) is 11.7 Å². The molecule has 4 rings (SSSR count). The maximum absolute atomic E-state index is 13.0. The van der Waals surface area contributed by atoms with Crippen molar-refractivity contribution in [3.05, 3.63) is 41.5 Å². The van der Waals surface area contributed by atoms with Gasteiger partial charge in [-0.15, -0.1) is 0 Å². The summed E-state index contributed by atoms with van der Waals surface area (Å²) in [6.07, 6.45) is 5.51. The molecule has 1 aromatic heterocycles. The molecule has 2 atom stereocenters. The van der Waals surface area contributed by atoms with Gasteiger partial charge in [-0.05, 0) is 49.7 Å². The third kappa shape index (κ3) is 3.98. The predicted molar refractivity (Wildman–Crippen MR) is 99.1 cm³/mol. The van der Waals surface area contributed by atoms with Crippen molar-refractivity contribution in [2.45, 2.75) is 57.7 Å². The minimum absolute atomic E-state index is 0.0905. The Bertz CT molecular complexity index is 792. The van der Waals surface area contributed by atoms with Gasteiger partial charge >= 0.3 is 0 Å². The summed E-state index contributed by atoms with van der Waals surface area (Å²) in [6, 6.07) is 7.75. The van der Waals surface area contributed by atoms with Crippen LogP contribution in [0.25, 0.3) is 0 Å². The summed E-state index contributed by atoms with van der Waals surface area (Å²) in [5.41, 5.74) is 6.73. The van der Waals surface area contributed by atoms with Gasteiger partial charge in [-0.1, -0.05) is 23.7 Å². The van der Waals surface area contributed by atoms with Crippen molar-refractivity contribution in [1.82, 2.24) is 15.5 Å². The van der Waals surface area contributed by atoms with Crippen LogP contribution in [0.3, 0.4) is 0 Å². The van der Waals surface area contributed by atoms with Crippen LogP contribution >= 0.6 is 0 Å². The molecule has 1 amide bonds. The van der Waals surface area contributed by atoms with Gasteiger partial charge in [0.1, 0.15) is 5.75 Å². The molecule has 7 nitrogen and oxygen atoms in total. The van der Waals surface area contributed by atoms with E-state index in [9.17, 15) is 4.79 Å². The molecule has 2 aromatic rings. The van der Waals surface area contributed by atoms with E-state index in [-0.39, 0.29) is 24.6 Å². The SMILES string of the molecule is Cc1nc(COc2ccccc2C(=O)NC2C3CCCC2CC(N)C3)no1.